The van der Waals surface area contributed by atoms with Crippen LogP contribution in [0.25, 0.3) is 11.4 Å². The van der Waals surface area contributed by atoms with E-state index in [1.807, 2.05) is 25.1 Å². The number of benzene rings is 1. The number of nitrogens with zero attached hydrogens (tertiary/aromatic N) is 4. The molecule has 0 atom stereocenters. The van der Waals surface area contributed by atoms with Crippen LogP contribution >= 0.6 is 0 Å². The number of carbonyl (C=O) groups is 1. The van der Waals surface area contributed by atoms with E-state index in [2.05, 4.69) is 15.5 Å². The number of carboxylic acids is 1. The maximum atomic E-state index is 10.5. The molecule has 1 aromatic heterocycles. The molecule has 0 saturated heterocycles. The summed E-state index contributed by atoms with van der Waals surface area (Å²) in [4.78, 5) is 10.5. The number of ether oxygens (including phenoxy) is 1. The Morgan fingerprint density at radius 3 is 2.95 bits per heavy atom. The molecule has 2 aromatic rings. The predicted molar refractivity (Wildman–Crippen MR) is 71.4 cm³/mol. The van der Waals surface area contributed by atoms with E-state index in [1.54, 1.807) is 11.8 Å². The molecule has 0 spiro atoms. The summed E-state index contributed by atoms with van der Waals surface area (Å²) in [6, 6.07) is 5.75. The van der Waals surface area contributed by atoms with Gasteiger partial charge in [0.05, 0.1) is 12.7 Å². The molecule has 20 heavy (non-hydrogen) atoms. The fourth-order valence-corrected chi connectivity index (χ4v) is 1.92. The van der Waals surface area contributed by atoms with Gasteiger partial charge >= 0.3 is 5.97 Å². The number of rotatable bonds is 6. The highest BCUT2D eigenvalue weighted by molar-refractivity contribution is 5.66. The van der Waals surface area contributed by atoms with Gasteiger partial charge in [0.2, 0.25) is 0 Å². The average Bonchev–Trinajstić information content (AvgIpc) is 2.86. The first-order valence-electron chi connectivity index (χ1n) is 6.25. The number of hydrogen-bond acceptors (Lipinski definition) is 5. The quantitative estimate of drug-likeness (QED) is 0.860. The van der Waals surface area contributed by atoms with Crippen molar-refractivity contribution in [2.24, 2.45) is 0 Å². The molecule has 7 heteroatoms. The topological polar surface area (TPSA) is 90.1 Å². The fourth-order valence-electron chi connectivity index (χ4n) is 1.92. The highest BCUT2D eigenvalue weighted by Crippen LogP contribution is 2.28. The van der Waals surface area contributed by atoms with Gasteiger partial charge in [-0.1, -0.05) is 11.6 Å². The Bertz CT molecular complexity index is 609. The minimum absolute atomic E-state index is 0.0876. The van der Waals surface area contributed by atoms with Crippen LogP contribution in [0.3, 0.4) is 0 Å². The van der Waals surface area contributed by atoms with Crippen LogP contribution in [-0.2, 0) is 11.3 Å². The maximum Gasteiger partial charge on any atom is 0.303 e. The van der Waals surface area contributed by atoms with Gasteiger partial charge in [-0.25, -0.2) is 4.68 Å². The summed E-state index contributed by atoms with van der Waals surface area (Å²) in [5.74, 6) is 0.439. The first-order valence-corrected chi connectivity index (χ1v) is 6.25. The lowest BCUT2D eigenvalue weighted by Crippen LogP contribution is -2.06. The van der Waals surface area contributed by atoms with Crippen molar-refractivity contribution in [3.05, 3.63) is 23.8 Å². The lowest BCUT2D eigenvalue weighted by atomic mass is 10.1. The highest BCUT2D eigenvalue weighted by atomic mass is 16.5. The normalized spacial score (nSPS) is 10.5. The lowest BCUT2D eigenvalue weighted by molar-refractivity contribution is -0.137. The molecule has 2 rings (SSSR count). The van der Waals surface area contributed by atoms with Crippen molar-refractivity contribution in [1.29, 1.82) is 0 Å². The van der Waals surface area contributed by atoms with Gasteiger partial charge in [-0.3, -0.25) is 4.79 Å². The van der Waals surface area contributed by atoms with Gasteiger partial charge in [-0.2, -0.15) is 0 Å². The van der Waals surface area contributed by atoms with Crippen molar-refractivity contribution in [3.8, 4) is 17.1 Å². The van der Waals surface area contributed by atoms with Crippen molar-refractivity contribution >= 4 is 5.97 Å². The molecule has 1 heterocycles. The summed E-state index contributed by atoms with van der Waals surface area (Å²) in [5.41, 5.74) is 1.87. The summed E-state index contributed by atoms with van der Waals surface area (Å²) in [7, 11) is 1.59. The van der Waals surface area contributed by atoms with Crippen LogP contribution in [0.1, 0.15) is 18.4 Å². The summed E-state index contributed by atoms with van der Waals surface area (Å²) in [6.07, 6.45) is 0.561. The summed E-state index contributed by atoms with van der Waals surface area (Å²) >= 11 is 0. The van der Waals surface area contributed by atoms with E-state index in [1.165, 1.54) is 0 Å². The molecule has 0 aliphatic rings. The molecule has 0 fully saturated rings. The molecule has 0 unspecified atom stereocenters. The van der Waals surface area contributed by atoms with E-state index in [4.69, 9.17) is 9.84 Å². The molecule has 106 valence electrons. The largest absolute Gasteiger partial charge is 0.496 e. The van der Waals surface area contributed by atoms with Crippen LogP contribution in [0.4, 0.5) is 0 Å². The highest BCUT2D eigenvalue weighted by Gasteiger charge is 2.14. The molecule has 0 aliphatic heterocycles. The van der Waals surface area contributed by atoms with Crippen molar-refractivity contribution in [2.75, 3.05) is 7.11 Å². The first kappa shape index (κ1) is 14.0. The molecule has 7 nitrogen and oxygen atoms in total. The van der Waals surface area contributed by atoms with Crippen LogP contribution in [0.15, 0.2) is 18.2 Å². The summed E-state index contributed by atoms with van der Waals surface area (Å²) in [6.45, 7) is 2.42. The second-order valence-corrected chi connectivity index (χ2v) is 4.43. The maximum absolute atomic E-state index is 10.5. The molecule has 0 saturated carbocycles. The SMILES string of the molecule is COc1ccc(C)cc1-c1nnnn1CCCC(=O)O. The van der Waals surface area contributed by atoms with Gasteiger partial charge in [0.15, 0.2) is 5.82 Å². The van der Waals surface area contributed by atoms with Gasteiger partial charge in [0.1, 0.15) is 5.75 Å². The average molecular weight is 276 g/mol. The van der Waals surface area contributed by atoms with Crippen molar-refractivity contribution in [3.63, 3.8) is 0 Å². The zero-order chi connectivity index (χ0) is 14.5. The minimum atomic E-state index is -0.826. The monoisotopic (exact) mass is 276 g/mol. The van der Waals surface area contributed by atoms with Gasteiger partial charge < -0.3 is 9.84 Å². The Morgan fingerprint density at radius 1 is 1.45 bits per heavy atom. The van der Waals surface area contributed by atoms with E-state index in [0.717, 1.165) is 11.1 Å². The molecule has 1 N–H and O–H groups in total. The van der Waals surface area contributed by atoms with Crippen LogP contribution in [-0.4, -0.2) is 38.4 Å². The number of methoxy groups -OCH3 is 1. The summed E-state index contributed by atoms with van der Waals surface area (Å²) in [5, 5.41) is 20.2. The second-order valence-electron chi connectivity index (χ2n) is 4.43. The molecular weight excluding hydrogens is 260 g/mol. The second kappa shape index (κ2) is 6.14. The number of aryl methyl sites for hydroxylation is 2. The van der Waals surface area contributed by atoms with E-state index in [9.17, 15) is 4.79 Å². The molecule has 0 radical (unpaired) electrons. The van der Waals surface area contributed by atoms with Crippen LogP contribution < -0.4 is 4.74 Å². The van der Waals surface area contributed by atoms with Gasteiger partial charge in [-0.05, 0) is 35.9 Å². The van der Waals surface area contributed by atoms with Crippen LogP contribution in [0.5, 0.6) is 5.75 Å². The number of hydrogen-bond donors (Lipinski definition) is 1. The Hall–Kier alpha value is -2.44. The predicted octanol–water partition coefficient (Wildman–Crippen LogP) is 1.52. The molecule has 0 bridgehead atoms. The van der Waals surface area contributed by atoms with Gasteiger partial charge in [-0.15, -0.1) is 5.10 Å². The zero-order valence-electron chi connectivity index (χ0n) is 11.4. The minimum Gasteiger partial charge on any atom is -0.496 e. The third-order valence-electron chi connectivity index (χ3n) is 2.89. The van der Waals surface area contributed by atoms with Crippen LogP contribution in [0.2, 0.25) is 0 Å². The Morgan fingerprint density at radius 2 is 2.25 bits per heavy atom. The van der Waals surface area contributed by atoms with E-state index < -0.39 is 5.97 Å². The molecule has 0 aliphatic carbocycles. The number of tetrazole rings is 1. The van der Waals surface area contributed by atoms with E-state index in [-0.39, 0.29) is 6.42 Å². The van der Waals surface area contributed by atoms with Crippen LogP contribution in [0, 0.1) is 6.92 Å². The third kappa shape index (κ3) is 3.11. The Balaban J connectivity index is 2.27. The van der Waals surface area contributed by atoms with E-state index in [0.29, 0.717) is 24.5 Å². The van der Waals surface area contributed by atoms with Crippen molar-refractivity contribution in [1.82, 2.24) is 20.2 Å². The third-order valence-corrected chi connectivity index (χ3v) is 2.89. The number of aliphatic carboxylic acids is 1. The van der Waals surface area contributed by atoms with Crippen molar-refractivity contribution < 1.29 is 14.6 Å². The summed E-state index contributed by atoms with van der Waals surface area (Å²) < 4.78 is 6.92. The smallest absolute Gasteiger partial charge is 0.303 e. The standard InChI is InChI=1S/C13H16N4O3/c1-9-5-6-11(20-2)10(8-9)13-14-15-16-17(13)7-3-4-12(18)19/h5-6,8H,3-4,7H2,1-2H3,(H,18,19). The van der Waals surface area contributed by atoms with Gasteiger partial charge in [0.25, 0.3) is 0 Å². The van der Waals surface area contributed by atoms with Crippen molar-refractivity contribution in [2.45, 2.75) is 26.3 Å². The lowest BCUT2D eigenvalue weighted by Gasteiger charge is -2.09. The first-order chi connectivity index (χ1) is 9.61. The van der Waals surface area contributed by atoms with E-state index >= 15 is 0 Å². The zero-order valence-corrected chi connectivity index (χ0v) is 11.4. The Kier molecular flexibility index (Phi) is 4.29. The molecule has 1 aromatic carbocycles. The number of carboxylic acid groups (broad SMARTS) is 1. The fraction of sp³-hybridized carbons (Fsp3) is 0.385. The van der Waals surface area contributed by atoms with Gasteiger partial charge in [0, 0.05) is 13.0 Å². The Labute approximate surface area is 116 Å². The number of aromatic nitrogens is 4. The molecule has 0 amide bonds. The molecular formula is C13H16N4O3.